The Balaban J connectivity index is 1.84. The van der Waals surface area contributed by atoms with Crippen LogP contribution in [0.2, 0.25) is 0 Å². The number of fused-ring (bicyclic) bond motifs is 1. The van der Waals surface area contributed by atoms with E-state index in [2.05, 4.69) is 20.7 Å². The average molecular weight is 425 g/mol. The van der Waals surface area contributed by atoms with Crippen LogP contribution in [0.5, 0.6) is 5.75 Å². The summed E-state index contributed by atoms with van der Waals surface area (Å²) in [6.45, 7) is 8.30. The molecule has 2 N–H and O–H groups in total. The lowest BCUT2D eigenvalue weighted by Crippen LogP contribution is -2.35. The van der Waals surface area contributed by atoms with Crippen LogP contribution >= 0.6 is 0 Å². The molecule has 0 radical (unpaired) electrons. The summed E-state index contributed by atoms with van der Waals surface area (Å²) in [7, 11) is 3.65. The van der Waals surface area contributed by atoms with Crippen LogP contribution in [0, 0.1) is 6.92 Å². The van der Waals surface area contributed by atoms with Crippen molar-refractivity contribution < 1.29 is 14.3 Å². The van der Waals surface area contributed by atoms with Gasteiger partial charge in [0.15, 0.2) is 5.65 Å². The number of aryl methyl sites for hydroxylation is 2. The number of imide groups is 1. The molecule has 0 aliphatic heterocycles. The predicted octanol–water partition coefficient (Wildman–Crippen LogP) is 3.48. The van der Waals surface area contributed by atoms with Gasteiger partial charge in [-0.1, -0.05) is 6.07 Å². The Hall–Kier alpha value is -3.62. The zero-order chi connectivity index (χ0) is 22.7. The van der Waals surface area contributed by atoms with Crippen molar-refractivity contribution in [3.05, 3.63) is 41.6 Å². The van der Waals surface area contributed by atoms with Crippen molar-refractivity contribution >= 4 is 34.5 Å². The smallest absolute Gasteiger partial charge is 0.326 e. The third-order valence-corrected chi connectivity index (χ3v) is 4.75. The number of benzene rings is 1. The molecule has 0 atom stereocenters. The van der Waals surface area contributed by atoms with E-state index < -0.39 is 11.9 Å². The number of nitrogens with one attached hydrogen (secondary N) is 2. The Morgan fingerprint density at radius 3 is 2.68 bits per heavy atom. The van der Waals surface area contributed by atoms with Crippen molar-refractivity contribution in [2.45, 2.75) is 33.8 Å². The van der Waals surface area contributed by atoms with Gasteiger partial charge in [0.2, 0.25) is 0 Å². The molecule has 9 heteroatoms. The molecule has 0 aliphatic rings. The largest absolute Gasteiger partial charge is 0.491 e. The van der Waals surface area contributed by atoms with Gasteiger partial charge in [0, 0.05) is 37.8 Å². The number of urea groups is 1. The molecular formula is C22H28N6O3. The van der Waals surface area contributed by atoms with Gasteiger partial charge in [0.25, 0.3) is 5.91 Å². The van der Waals surface area contributed by atoms with Crippen molar-refractivity contribution in [1.29, 1.82) is 0 Å². The van der Waals surface area contributed by atoms with Crippen LogP contribution in [0.4, 0.5) is 16.3 Å². The summed E-state index contributed by atoms with van der Waals surface area (Å²) in [5.41, 5.74) is 2.26. The summed E-state index contributed by atoms with van der Waals surface area (Å²) in [6, 6.07) is 8.09. The Labute approximate surface area is 181 Å². The maximum atomic E-state index is 13.0. The van der Waals surface area contributed by atoms with Gasteiger partial charge >= 0.3 is 6.03 Å². The standard InChI is InChI=1S/C22H28N6O3/c1-7-27(5)19-18(12-17-14(4)26-28(6)20(17)24-19)21(29)25-22(30)23-15-9-8-10-16(11-15)31-13(2)3/h8-13H,7H2,1-6H3,(H2,23,25,29,30). The van der Waals surface area contributed by atoms with Gasteiger partial charge in [0.05, 0.1) is 17.4 Å². The molecule has 0 saturated heterocycles. The number of aromatic nitrogens is 3. The second-order valence-electron chi connectivity index (χ2n) is 7.56. The van der Waals surface area contributed by atoms with Crippen molar-refractivity contribution in [2.24, 2.45) is 7.05 Å². The predicted molar refractivity (Wildman–Crippen MR) is 121 cm³/mol. The number of nitrogens with zero attached hydrogens (tertiary/aromatic N) is 4. The molecule has 31 heavy (non-hydrogen) atoms. The summed E-state index contributed by atoms with van der Waals surface area (Å²) in [5.74, 6) is 0.573. The Morgan fingerprint density at radius 1 is 1.26 bits per heavy atom. The minimum Gasteiger partial charge on any atom is -0.491 e. The first-order valence-corrected chi connectivity index (χ1v) is 10.1. The van der Waals surface area contributed by atoms with Crippen molar-refractivity contribution in [3.8, 4) is 5.75 Å². The van der Waals surface area contributed by atoms with E-state index in [9.17, 15) is 9.59 Å². The average Bonchev–Trinajstić information content (AvgIpc) is 2.99. The van der Waals surface area contributed by atoms with Crippen LogP contribution in [0.1, 0.15) is 36.8 Å². The molecule has 0 fully saturated rings. The normalized spacial score (nSPS) is 10.9. The summed E-state index contributed by atoms with van der Waals surface area (Å²) < 4.78 is 7.31. The van der Waals surface area contributed by atoms with Crippen LogP contribution in [0.3, 0.4) is 0 Å². The SMILES string of the molecule is CCN(C)c1nc2c(cc1C(=O)NC(=O)Nc1cccc(OC(C)C)c1)c(C)nn2C. The minimum absolute atomic E-state index is 0.0120. The summed E-state index contributed by atoms with van der Waals surface area (Å²) in [4.78, 5) is 31.9. The number of hydrogen-bond donors (Lipinski definition) is 2. The quantitative estimate of drug-likeness (QED) is 0.628. The fourth-order valence-electron chi connectivity index (χ4n) is 3.19. The molecule has 3 rings (SSSR count). The molecule has 0 saturated carbocycles. The van der Waals surface area contributed by atoms with Gasteiger partial charge in [-0.25, -0.2) is 9.78 Å². The second-order valence-corrected chi connectivity index (χ2v) is 7.56. The van der Waals surface area contributed by atoms with Crippen LogP contribution < -0.4 is 20.3 Å². The third kappa shape index (κ3) is 4.93. The molecule has 2 aromatic heterocycles. The molecule has 0 bridgehead atoms. The lowest BCUT2D eigenvalue weighted by molar-refractivity contribution is 0.0967. The first-order chi connectivity index (χ1) is 14.7. The van der Waals surface area contributed by atoms with E-state index in [1.54, 1.807) is 35.0 Å². The van der Waals surface area contributed by atoms with Gasteiger partial charge < -0.3 is 15.0 Å². The number of ether oxygens (including phenoxy) is 1. The van der Waals surface area contributed by atoms with E-state index in [4.69, 9.17) is 4.74 Å². The lowest BCUT2D eigenvalue weighted by atomic mass is 10.1. The topological polar surface area (TPSA) is 101 Å². The van der Waals surface area contributed by atoms with Gasteiger partial charge in [-0.05, 0) is 45.9 Å². The number of carbonyl (C=O) groups excluding carboxylic acids is 2. The number of rotatable bonds is 6. The van der Waals surface area contributed by atoms with Gasteiger partial charge in [-0.3, -0.25) is 14.8 Å². The molecular weight excluding hydrogens is 396 g/mol. The van der Waals surface area contributed by atoms with E-state index in [0.717, 1.165) is 11.1 Å². The van der Waals surface area contributed by atoms with E-state index in [1.807, 2.05) is 46.7 Å². The van der Waals surface area contributed by atoms with E-state index >= 15 is 0 Å². The first kappa shape index (κ1) is 22.1. The van der Waals surface area contributed by atoms with Crippen LogP contribution in [0.15, 0.2) is 30.3 Å². The molecule has 0 spiro atoms. The van der Waals surface area contributed by atoms with Crippen LogP contribution in [-0.2, 0) is 7.05 Å². The number of amides is 3. The molecule has 2 heterocycles. The monoisotopic (exact) mass is 424 g/mol. The number of carbonyl (C=O) groups is 2. The second kappa shape index (κ2) is 9.03. The fourth-order valence-corrected chi connectivity index (χ4v) is 3.19. The van der Waals surface area contributed by atoms with Gasteiger partial charge in [-0.15, -0.1) is 0 Å². The zero-order valence-electron chi connectivity index (χ0n) is 18.7. The highest BCUT2D eigenvalue weighted by Gasteiger charge is 2.21. The third-order valence-electron chi connectivity index (χ3n) is 4.75. The van der Waals surface area contributed by atoms with Crippen molar-refractivity contribution in [1.82, 2.24) is 20.1 Å². The lowest BCUT2D eigenvalue weighted by Gasteiger charge is -2.19. The molecule has 3 aromatic rings. The zero-order valence-corrected chi connectivity index (χ0v) is 18.7. The molecule has 1 aromatic carbocycles. The number of hydrogen-bond acceptors (Lipinski definition) is 6. The van der Waals surface area contributed by atoms with E-state index in [-0.39, 0.29) is 6.10 Å². The Morgan fingerprint density at radius 2 is 2.00 bits per heavy atom. The molecule has 0 aliphatic carbocycles. The van der Waals surface area contributed by atoms with Gasteiger partial charge in [-0.2, -0.15) is 5.10 Å². The summed E-state index contributed by atoms with van der Waals surface area (Å²) in [6.07, 6.45) is 0.0120. The summed E-state index contributed by atoms with van der Waals surface area (Å²) >= 11 is 0. The number of pyridine rings is 1. The first-order valence-electron chi connectivity index (χ1n) is 10.1. The highest BCUT2D eigenvalue weighted by atomic mass is 16.5. The van der Waals surface area contributed by atoms with Crippen molar-refractivity contribution in [2.75, 3.05) is 23.8 Å². The van der Waals surface area contributed by atoms with Crippen LogP contribution in [0.25, 0.3) is 11.0 Å². The summed E-state index contributed by atoms with van der Waals surface area (Å²) in [5, 5.41) is 10.2. The highest BCUT2D eigenvalue weighted by molar-refractivity contribution is 6.11. The molecule has 9 nitrogen and oxygen atoms in total. The Bertz CT molecular complexity index is 1120. The van der Waals surface area contributed by atoms with E-state index in [1.165, 1.54) is 0 Å². The fraction of sp³-hybridized carbons (Fsp3) is 0.364. The van der Waals surface area contributed by atoms with E-state index in [0.29, 0.717) is 35.0 Å². The molecule has 0 unspecified atom stereocenters. The van der Waals surface area contributed by atoms with Crippen LogP contribution in [-0.4, -0.2) is 46.4 Å². The van der Waals surface area contributed by atoms with Crippen molar-refractivity contribution in [3.63, 3.8) is 0 Å². The maximum absolute atomic E-state index is 13.0. The van der Waals surface area contributed by atoms with Gasteiger partial charge in [0.1, 0.15) is 11.6 Å². The molecule has 164 valence electrons. The highest BCUT2D eigenvalue weighted by Crippen LogP contribution is 2.25. The number of anilines is 2. The molecule has 3 amide bonds. The Kier molecular flexibility index (Phi) is 6.43. The maximum Gasteiger partial charge on any atom is 0.326 e. The minimum atomic E-state index is -0.639.